The summed E-state index contributed by atoms with van der Waals surface area (Å²) in [5, 5.41) is 1.25. The first-order valence-electron chi connectivity index (χ1n) is 6.70. The van der Waals surface area contributed by atoms with E-state index in [2.05, 4.69) is 34.1 Å². The summed E-state index contributed by atoms with van der Waals surface area (Å²) >= 11 is 0. The summed E-state index contributed by atoms with van der Waals surface area (Å²) in [6, 6.07) is 11.2. The van der Waals surface area contributed by atoms with E-state index >= 15 is 0 Å². The molecule has 1 aliphatic carbocycles. The molecule has 94 valence electrons. The van der Waals surface area contributed by atoms with Crippen molar-refractivity contribution >= 4 is 16.6 Å². The van der Waals surface area contributed by atoms with Crippen molar-refractivity contribution in [2.45, 2.75) is 25.3 Å². The second-order valence-corrected chi connectivity index (χ2v) is 4.91. The van der Waals surface area contributed by atoms with E-state index in [1.807, 2.05) is 12.3 Å². The molecule has 0 radical (unpaired) electrons. The number of pyridine rings is 1. The smallest absolute Gasteiger partial charge is 0.0722 e. The van der Waals surface area contributed by atoms with Gasteiger partial charge >= 0.3 is 0 Å². The summed E-state index contributed by atoms with van der Waals surface area (Å²) < 4.78 is 0. The van der Waals surface area contributed by atoms with E-state index in [1.54, 1.807) is 0 Å². The molecule has 0 amide bonds. The van der Waals surface area contributed by atoms with Crippen molar-refractivity contribution in [2.24, 2.45) is 5.73 Å². The van der Waals surface area contributed by atoms with Gasteiger partial charge in [0.25, 0.3) is 0 Å². The second-order valence-electron chi connectivity index (χ2n) is 4.91. The molecule has 2 N–H and O–H groups in total. The summed E-state index contributed by atoms with van der Waals surface area (Å²) in [6.07, 6.45) is 5.57. The third-order valence-corrected chi connectivity index (χ3v) is 3.53. The fraction of sp³-hybridized carbons (Fsp3) is 0.400. The zero-order valence-electron chi connectivity index (χ0n) is 10.5. The van der Waals surface area contributed by atoms with Crippen molar-refractivity contribution in [1.82, 2.24) is 4.98 Å². The monoisotopic (exact) mass is 241 g/mol. The molecule has 2 aromatic rings. The Labute approximate surface area is 108 Å². The summed E-state index contributed by atoms with van der Waals surface area (Å²) in [7, 11) is 0. The van der Waals surface area contributed by atoms with Gasteiger partial charge in [-0.3, -0.25) is 4.98 Å². The largest absolute Gasteiger partial charge is 0.368 e. The summed E-state index contributed by atoms with van der Waals surface area (Å²) in [5.74, 6) is 0. The van der Waals surface area contributed by atoms with Crippen LogP contribution in [0.1, 0.15) is 19.3 Å². The minimum atomic E-state index is 0.711. The van der Waals surface area contributed by atoms with Gasteiger partial charge in [-0.25, -0.2) is 0 Å². The van der Waals surface area contributed by atoms with Crippen molar-refractivity contribution in [3.63, 3.8) is 0 Å². The lowest BCUT2D eigenvalue weighted by Crippen LogP contribution is -2.28. The summed E-state index contributed by atoms with van der Waals surface area (Å²) in [4.78, 5) is 6.94. The van der Waals surface area contributed by atoms with E-state index < -0.39 is 0 Å². The number of nitrogens with two attached hydrogens (primary N) is 1. The number of aromatic nitrogens is 1. The standard InChI is InChI=1S/C15H19N3/c16-9-3-11-18(12-6-7-12)15-8-10-17-14-5-2-1-4-13(14)15/h1-2,4-5,8,10,12H,3,6-7,9,11,16H2. The Morgan fingerprint density at radius 2 is 2.06 bits per heavy atom. The number of para-hydroxylation sites is 1. The first-order valence-corrected chi connectivity index (χ1v) is 6.70. The van der Waals surface area contributed by atoms with Crippen molar-refractivity contribution < 1.29 is 0 Å². The predicted octanol–water partition coefficient (Wildman–Crippen LogP) is 2.55. The average molecular weight is 241 g/mol. The van der Waals surface area contributed by atoms with Gasteiger partial charge in [0.2, 0.25) is 0 Å². The molecule has 0 bridgehead atoms. The van der Waals surface area contributed by atoms with Gasteiger partial charge in [0.05, 0.1) is 5.52 Å². The first kappa shape index (κ1) is 11.5. The van der Waals surface area contributed by atoms with E-state index in [0.29, 0.717) is 6.04 Å². The van der Waals surface area contributed by atoms with Gasteiger partial charge in [-0.05, 0) is 37.9 Å². The van der Waals surface area contributed by atoms with Gasteiger partial charge in [-0.1, -0.05) is 18.2 Å². The highest BCUT2D eigenvalue weighted by molar-refractivity contribution is 5.91. The fourth-order valence-corrected chi connectivity index (χ4v) is 2.48. The Morgan fingerprint density at radius 3 is 2.83 bits per heavy atom. The minimum absolute atomic E-state index is 0.711. The van der Waals surface area contributed by atoms with Crippen LogP contribution in [0.4, 0.5) is 5.69 Å². The zero-order chi connectivity index (χ0) is 12.4. The van der Waals surface area contributed by atoms with Gasteiger partial charge in [-0.15, -0.1) is 0 Å². The van der Waals surface area contributed by atoms with Crippen LogP contribution in [-0.2, 0) is 0 Å². The lowest BCUT2D eigenvalue weighted by atomic mass is 10.1. The highest BCUT2D eigenvalue weighted by atomic mass is 15.2. The van der Waals surface area contributed by atoms with Crippen LogP contribution in [0.2, 0.25) is 0 Å². The Bertz CT molecular complexity index is 529. The van der Waals surface area contributed by atoms with Crippen LogP contribution in [-0.4, -0.2) is 24.1 Å². The second kappa shape index (κ2) is 4.94. The maximum atomic E-state index is 5.65. The van der Waals surface area contributed by atoms with Crippen LogP contribution >= 0.6 is 0 Å². The zero-order valence-corrected chi connectivity index (χ0v) is 10.5. The molecule has 1 saturated carbocycles. The Balaban J connectivity index is 2.00. The Kier molecular flexibility index (Phi) is 3.15. The number of rotatable bonds is 5. The van der Waals surface area contributed by atoms with Gasteiger partial charge < -0.3 is 10.6 Å². The third kappa shape index (κ3) is 2.18. The van der Waals surface area contributed by atoms with E-state index in [1.165, 1.54) is 23.9 Å². The van der Waals surface area contributed by atoms with Crippen LogP contribution in [0, 0.1) is 0 Å². The van der Waals surface area contributed by atoms with E-state index in [9.17, 15) is 0 Å². The van der Waals surface area contributed by atoms with Crippen molar-refractivity contribution in [2.75, 3.05) is 18.0 Å². The van der Waals surface area contributed by atoms with Crippen LogP contribution < -0.4 is 10.6 Å². The molecule has 3 heteroatoms. The number of benzene rings is 1. The Hall–Kier alpha value is -1.61. The average Bonchev–Trinajstić information content (AvgIpc) is 3.24. The molecular weight excluding hydrogens is 222 g/mol. The summed E-state index contributed by atoms with van der Waals surface area (Å²) in [6.45, 7) is 1.81. The number of fused-ring (bicyclic) bond motifs is 1. The number of hydrogen-bond acceptors (Lipinski definition) is 3. The van der Waals surface area contributed by atoms with Gasteiger partial charge in [0.1, 0.15) is 0 Å². The molecule has 0 saturated heterocycles. The molecule has 0 aliphatic heterocycles. The molecule has 0 atom stereocenters. The van der Waals surface area contributed by atoms with Gasteiger partial charge in [-0.2, -0.15) is 0 Å². The molecule has 0 spiro atoms. The molecule has 0 unspecified atom stereocenters. The molecule has 3 nitrogen and oxygen atoms in total. The van der Waals surface area contributed by atoms with Crippen molar-refractivity contribution in [3.8, 4) is 0 Å². The van der Waals surface area contributed by atoms with Crippen LogP contribution in [0.15, 0.2) is 36.5 Å². The van der Waals surface area contributed by atoms with Crippen LogP contribution in [0.5, 0.6) is 0 Å². The molecule has 1 aromatic heterocycles. The maximum Gasteiger partial charge on any atom is 0.0722 e. The topological polar surface area (TPSA) is 42.1 Å². The highest BCUT2D eigenvalue weighted by Gasteiger charge is 2.29. The van der Waals surface area contributed by atoms with Crippen molar-refractivity contribution in [1.29, 1.82) is 0 Å². The molecular formula is C15H19N3. The number of nitrogens with zero attached hydrogens (tertiary/aromatic N) is 2. The van der Waals surface area contributed by atoms with E-state index in [-0.39, 0.29) is 0 Å². The van der Waals surface area contributed by atoms with Crippen LogP contribution in [0.25, 0.3) is 10.9 Å². The molecule has 18 heavy (non-hydrogen) atoms. The number of anilines is 1. The lowest BCUT2D eigenvalue weighted by molar-refractivity contribution is 0.734. The normalized spacial score (nSPS) is 14.9. The van der Waals surface area contributed by atoms with Crippen LogP contribution in [0.3, 0.4) is 0 Å². The lowest BCUT2D eigenvalue weighted by Gasteiger charge is -2.25. The maximum absolute atomic E-state index is 5.65. The summed E-state index contributed by atoms with van der Waals surface area (Å²) in [5.41, 5.74) is 8.04. The molecule has 1 aliphatic rings. The molecule has 1 fully saturated rings. The van der Waals surface area contributed by atoms with E-state index in [4.69, 9.17) is 5.73 Å². The molecule has 3 rings (SSSR count). The van der Waals surface area contributed by atoms with Gasteiger partial charge in [0, 0.05) is 29.9 Å². The quantitative estimate of drug-likeness (QED) is 0.874. The third-order valence-electron chi connectivity index (χ3n) is 3.53. The number of hydrogen-bond donors (Lipinski definition) is 1. The van der Waals surface area contributed by atoms with Gasteiger partial charge in [0.15, 0.2) is 0 Å². The first-order chi connectivity index (χ1) is 8.90. The predicted molar refractivity (Wildman–Crippen MR) is 75.8 cm³/mol. The fourth-order valence-electron chi connectivity index (χ4n) is 2.48. The van der Waals surface area contributed by atoms with E-state index in [0.717, 1.165) is 25.0 Å². The SMILES string of the molecule is NCCCN(c1ccnc2ccccc12)C1CC1. The molecule has 1 aromatic carbocycles. The highest BCUT2D eigenvalue weighted by Crippen LogP contribution is 2.35. The Morgan fingerprint density at radius 1 is 1.22 bits per heavy atom. The molecule has 1 heterocycles. The minimum Gasteiger partial charge on any atom is -0.368 e. The van der Waals surface area contributed by atoms with Crippen molar-refractivity contribution in [3.05, 3.63) is 36.5 Å².